The van der Waals surface area contributed by atoms with Gasteiger partial charge in [-0.2, -0.15) is 45.0 Å². The van der Waals surface area contributed by atoms with Crippen molar-refractivity contribution in [1.82, 2.24) is 0 Å². The molecule has 0 aliphatic rings. The summed E-state index contributed by atoms with van der Waals surface area (Å²) >= 11 is 0. The van der Waals surface area contributed by atoms with E-state index in [0.717, 1.165) is 12.1 Å². The van der Waals surface area contributed by atoms with Crippen molar-refractivity contribution in [2.45, 2.75) is 18.5 Å². The molecule has 1 aromatic rings. The summed E-state index contributed by atoms with van der Waals surface area (Å²) in [5, 5.41) is 0. The van der Waals surface area contributed by atoms with Crippen LogP contribution in [0.25, 0.3) is 0 Å². The summed E-state index contributed by atoms with van der Waals surface area (Å²) in [6.45, 7) is 0. The Morgan fingerprint density at radius 2 is 0.885 bits per heavy atom. The molecule has 0 amide bonds. The molecule has 0 unspecified atom stereocenters. The van der Waals surface area contributed by atoms with Crippen LogP contribution in [0.3, 0.4) is 0 Å². The summed E-state index contributed by atoms with van der Waals surface area (Å²) in [6.07, 6.45) is -19.2. The van der Waals surface area contributed by atoms with Crippen LogP contribution in [0, 0.1) is 35.2 Å². The number of hydrogen-bond donors (Lipinski definition) is 0. The molecule has 0 aliphatic carbocycles. The maximum Gasteiger partial charge on any atom is 1.00 e. The average Bonchev–Trinajstić information content (AvgIpc) is 2.45. The van der Waals surface area contributed by atoms with Crippen molar-refractivity contribution >= 4 is 11.6 Å². The van der Waals surface area contributed by atoms with E-state index in [1.807, 2.05) is 0 Å². The van der Waals surface area contributed by atoms with Crippen LogP contribution in [0.4, 0.5) is 39.5 Å². The van der Waals surface area contributed by atoms with Gasteiger partial charge < -0.3 is 0 Å². The predicted molar refractivity (Wildman–Crippen MR) is 73.3 cm³/mol. The van der Waals surface area contributed by atoms with E-state index in [9.17, 15) is 39.5 Å². The van der Waals surface area contributed by atoms with Crippen molar-refractivity contribution in [3.8, 4) is 35.2 Å². The molecule has 0 atom stereocenters. The van der Waals surface area contributed by atoms with Gasteiger partial charge in [-0.05, 0) is 17.8 Å². The Balaban J connectivity index is 0.00000625. The molecule has 1 rings (SSSR count). The summed E-state index contributed by atoms with van der Waals surface area (Å²) < 4.78 is 111. The number of hydrogen-bond acceptors (Lipinski definition) is 0. The first-order chi connectivity index (χ1) is 11.2. The van der Waals surface area contributed by atoms with Crippen LogP contribution >= 0.6 is 0 Å². The largest absolute Gasteiger partial charge is 1.00 e. The second kappa shape index (κ2) is 9.25. The van der Waals surface area contributed by atoms with E-state index in [1.165, 1.54) is 35.7 Å². The monoisotopic (exact) mass is 406 g/mol. The van der Waals surface area contributed by atoms with Crippen LogP contribution in [-0.2, 0) is 0 Å². The molecule has 0 radical (unpaired) electrons. The smallest absolute Gasteiger partial charge is 0.269 e. The van der Waals surface area contributed by atoms with Crippen LogP contribution < -0.4 is 56.8 Å². The third-order valence-corrected chi connectivity index (χ3v) is 2.59. The Bertz CT molecular complexity index is 709. The molecule has 0 fully saturated rings. The molecule has 0 saturated heterocycles. The maximum atomic E-state index is 12.3. The first kappa shape index (κ1) is 25.0. The van der Waals surface area contributed by atoms with Crippen LogP contribution in [0.2, 0.25) is 0 Å². The zero-order valence-electron chi connectivity index (χ0n) is 12.9. The Labute approximate surface area is 185 Å². The van der Waals surface area contributed by atoms with Gasteiger partial charge in [-0.15, -0.1) is 0 Å². The fourth-order valence-corrected chi connectivity index (χ4v) is 1.67. The van der Waals surface area contributed by atoms with Gasteiger partial charge in [0.25, 0.3) is 0 Å². The van der Waals surface area contributed by atoms with Gasteiger partial charge in [0.15, 0.2) is 0 Å². The summed E-state index contributed by atoms with van der Waals surface area (Å²) in [6, 6.07) is 5.76. The molecule has 0 saturated carbocycles. The summed E-state index contributed by atoms with van der Waals surface area (Å²) in [5.41, 5.74) is -0.396. The minimum atomic E-state index is -5.15. The van der Waals surface area contributed by atoms with Crippen molar-refractivity contribution in [2.24, 2.45) is 0 Å². The zero-order valence-corrected chi connectivity index (χ0v) is 16.0. The van der Waals surface area contributed by atoms with Crippen molar-refractivity contribution in [1.29, 1.82) is 0 Å². The van der Waals surface area contributed by atoms with Crippen molar-refractivity contribution in [2.75, 3.05) is 0 Å². The number of alkyl halides is 9. The molecule has 0 N–H and O–H groups in total. The summed E-state index contributed by atoms with van der Waals surface area (Å²) in [7, 11) is 0. The van der Waals surface area contributed by atoms with Gasteiger partial charge >= 0.3 is 69.9 Å². The van der Waals surface area contributed by atoms with Gasteiger partial charge in [0.2, 0.25) is 6.15 Å². The Morgan fingerprint density at radius 1 is 0.577 bits per heavy atom. The molecule has 0 bridgehead atoms. The van der Waals surface area contributed by atoms with Gasteiger partial charge in [0, 0.05) is 0 Å². The first-order valence-electron chi connectivity index (χ1n) is 6.27. The minimum absolute atomic E-state index is 0. The standard InChI is InChI=1S/C15H5BF9.K/c17-13(18,19)6-9-16(10-7-14(20,21)22,11-8-15(23,24)25)12-4-2-1-3-5-12;/h1-5H;/q-1;+1. The van der Waals surface area contributed by atoms with E-state index in [4.69, 9.17) is 0 Å². The molecule has 11 heteroatoms. The van der Waals surface area contributed by atoms with Crippen molar-refractivity contribution in [3.05, 3.63) is 30.3 Å². The van der Waals surface area contributed by atoms with E-state index in [1.54, 1.807) is 0 Å². The topological polar surface area (TPSA) is 0 Å². The normalized spacial score (nSPS) is 11.6. The van der Waals surface area contributed by atoms with Crippen LogP contribution in [0.5, 0.6) is 0 Å². The fourth-order valence-electron chi connectivity index (χ4n) is 1.67. The molecular weight excluding hydrogens is 401 g/mol. The molecule has 26 heavy (non-hydrogen) atoms. The second-order valence-electron chi connectivity index (χ2n) is 4.58. The third-order valence-electron chi connectivity index (χ3n) is 2.59. The SMILES string of the molecule is FC(F)(F)C#C[B-](C#CC(F)(F)F)(C#CC(F)(F)F)c1ccccc1.[K+]. The fraction of sp³-hybridized carbons (Fsp3) is 0.200. The molecule has 1 aromatic carbocycles. The van der Waals surface area contributed by atoms with Crippen LogP contribution in [0.15, 0.2) is 30.3 Å². The van der Waals surface area contributed by atoms with E-state index in [-0.39, 0.29) is 51.4 Å². The number of rotatable bonds is 1. The number of halogens is 9. The maximum absolute atomic E-state index is 12.3. The van der Waals surface area contributed by atoms with Gasteiger partial charge in [0.05, 0.1) is 0 Å². The molecule has 0 heterocycles. The molecular formula is C15H5BF9K. The zero-order chi connectivity index (χ0) is 19.4. The van der Waals surface area contributed by atoms with Gasteiger partial charge in [0.1, 0.15) is 0 Å². The Hall–Kier alpha value is -1.03. The molecule has 0 spiro atoms. The van der Waals surface area contributed by atoms with E-state index < -0.39 is 30.1 Å². The van der Waals surface area contributed by atoms with Gasteiger partial charge in [-0.3, -0.25) is 17.5 Å². The quantitative estimate of drug-likeness (QED) is 0.366. The van der Waals surface area contributed by atoms with Crippen molar-refractivity contribution < 1.29 is 90.9 Å². The minimum Gasteiger partial charge on any atom is -0.269 e. The Morgan fingerprint density at radius 3 is 1.15 bits per heavy atom. The van der Waals surface area contributed by atoms with Crippen LogP contribution in [0.1, 0.15) is 0 Å². The van der Waals surface area contributed by atoms with E-state index in [2.05, 4.69) is 0 Å². The Kier molecular flexibility index (Phi) is 8.89. The van der Waals surface area contributed by atoms with E-state index >= 15 is 0 Å². The van der Waals surface area contributed by atoms with Gasteiger partial charge in [-0.1, -0.05) is 30.3 Å². The molecule has 0 nitrogen and oxygen atoms in total. The van der Waals surface area contributed by atoms with Crippen LogP contribution in [-0.4, -0.2) is 24.7 Å². The molecule has 132 valence electrons. The van der Waals surface area contributed by atoms with Crippen molar-refractivity contribution in [3.63, 3.8) is 0 Å². The predicted octanol–water partition coefficient (Wildman–Crippen LogP) is 0.661. The first-order valence-corrected chi connectivity index (χ1v) is 6.27. The van der Waals surface area contributed by atoms with E-state index in [0.29, 0.717) is 17.8 Å². The summed E-state index contributed by atoms with van der Waals surface area (Å²) in [4.78, 5) is 0. The second-order valence-corrected chi connectivity index (χ2v) is 4.58. The molecule has 0 aliphatic heterocycles. The number of benzene rings is 1. The summed E-state index contributed by atoms with van der Waals surface area (Å²) in [5.74, 6) is 6.14. The molecule has 0 aromatic heterocycles. The average molecular weight is 406 g/mol. The van der Waals surface area contributed by atoms with Gasteiger partial charge in [-0.25, -0.2) is 0 Å². The third kappa shape index (κ3) is 9.61.